The first-order valence-electron chi connectivity index (χ1n) is 12.0. The van der Waals surface area contributed by atoms with Crippen molar-refractivity contribution in [1.29, 1.82) is 0 Å². The van der Waals surface area contributed by atoms with E-state index in [0.717, 1.165) is 0 Å². The van der Waals surface area contributed by atoms with Gasteiger partial charge in [0.1, 0.15) is 23.0 Å². The monoisotopic (exact) mass is 559 g/mol. The van der Waals surface area contributed by atoms with Gasteiger partial charge in [-0.25, -0.2) is 38.9 Å². The van der Waals surface area contributed by atoms with Crippen LogP contribution in [0.1, 0.15) is 19.7 Å². The third-order valence-corrected chi connectivity index (χ3v) is 6.97. The highest BCUT2D eigenvalue weighted by Gasteiger charge is 2.22. The number of amides is 1. The normalized spacial score (nSPS) is 12.5. The summed E-state index contributed by atoms with van der Waals surface area (Å²) in [4.78, 5) is 37.2. The van der Waals surface area contributed by atoms with Crippen LogP contribution in [0.25, 0.3) is 36.7 Å². The van der Waals surface area contributed by atoms with Gasteiger partial charge in [-0.15, -0.1) is 11.3 Å². The van der Waals surface area contributed by atoms with E-state index in [9.17, 15) is 4.79 Å². The molecule has 3 heterocycles. The third kappa shape index (κ3) is 5.57. The summed E-state index contributed by atoms with van der Waals surface area (Å²) < 4.78 is 32.0. The van der Waals surface area contributed by atoms with E-state index in [-0.39, 0.29) is 5.75 Å². The predicted octanol–water partition coefficient (Wildman–Crippen LogP) is 6.11. The molecule has 0 aliphatic rings. The van der Waals surface area contributed by atoms with Crippen LogP contribution >= 0.6 is 11.3 Å². The van der Waals surface area contributed by atoms with Crippen LogP contribution in [0.15, 0.2) is 42.9 Å². The molecular formula is C27H22FN7O4S. The second-order valence-electron chi connectivity index (χ2n) is 8.73. The Labute approximate surface area is 231 Å². The Morgan fingerprint density at radius 1 is 1.05 bits per heavy atom. The molecule has 0 spiro atoms. The Bertz CT molecular complexity index is 1770. The average molecular weight is 560 g/mol. The van der Waals surface area contributed by atoms with Crippen LogP contribution in [0.4, 0.5) is 20.6 Å². The van der Waals surface area contributed by atoms with E-state index in [1.54, 1.807) is 39.0 Å². The molecular weight excluding hydrogens is 537 g/mol. The van der Waals surface area contributed by atoms with Crippen LogP contribution in [0.2, 0.25) is 0 Å². The predicted molar refractivity (Wildman–Crippen MR) is 147 cm³/mol. The highest BCUT2D eigenvalue weighted by molar-refractivity contribution is 7.21. The fourth-order valence-corrected chi connectivity index (χ4v) is 4.71. The maximum Gasteiger partial charge on any atom is 0.412 e. The molecule has 0 saturated heterocycles. The minimum absolute atomic E-state index is 0.0118. The summed E-state index contributed by atoms with van der Waals surface area (Å²) in [5.74, 6) is 0.264. The minimum Gasteiger partial charge on any atom is -0.484 e. The van der Waals surface area contributed by atoms with Crippen LogP contribution in [0.5, 0.6) is 11.6 Å². The van der Waals surface area contributed by atoms with E-state index in [4.69, 9.17) is 20.8 Å². The number of carbonyl (C=O) groups is 1. The molecule has 202 valence electrons. The van der Waals surface area contributed by atoms with Gasteiger partial charge in [0.15, 0.2) is 17.3 Å². The largest absolute Gasteiger partial charge is 0.484 e. The fraction of sp³-hybridized carbons (Fsp3) is 0.222. The fourth-order valence-electron chi connectivity index (χ4n) is 3.72. The molecule has 3 aromatic heterocycles. The molecule has 0 fully saturated rings. The van der Waals surface area contributed by atoms with Gasteiger partial charge in [0, 0.05) is 17.7 Å². The molecule has 2 atom stereocenters. The second-order valence-corrected chi connectivity index (χ2v) is 9.76. The molecule has 0 aliphatic heterocycles. The Morgan fingerprint density at radius 3 is 2.55 bits per heavy atom. The summed E-state index contributed by atoms with van der Waals surface area (Å²) in [6, 6.07) is 6.13. The maximum atomic E-state index is 15.0. The summed E-state index contributed by atoms with van der Waals surface area (Å²) in [6.07, 6.45) is 2.31. The van der Waals surface area contributed by atoms with Gasteiger partial charge in [-0.05, 0) is 32.9 Å². The standard InChI is InChI=1S/C27H22FN7O4S/c1-13(14(2)39-27(36)33-17-10-30-15(3)31-11-17)38-22-9-23-20(8-19(22)28)35-26(40-23)18-6-16(29-4)7-21-25(18)32-12-24(34-21)37-5/h6-14H,1-3,5H3,(H,33,36)/t13-,14+/m0/s1. The summed E-state index contributed by atoms with van der Waals surface area (Å²) in [6.45, 7) is 12.5. The Morgan fingerprint density at radius 2 is 1.82 bits per heavy atom. The summed E-state index contributed by atoms with van der Waals surface area (Å²) in [5.41, 5.74) is 2.79. The number of rotatable bonds is 7. The highest BCUT2D eigenvalue weighted by atomic mass is 32.1. The second kappa shape index (κ2) is 11.0. The van der Waals surface area contributed by atoms with Gasteiger partial charge in [-0.2, -0.15) is 0 Å². The number of fused-ring (bicyclic) bond motifs is 2. The number of carbonyl (C=O) groups excluding carboxylic acids is 1. The van der Waals surface area contributed by atoms with Crippen molar-refractivity contribution in [2.24, 2.45) is 0 Å². The van der Waals surface area contributed by atoms with Crippen molar-refractivity contribution in [2.45, 2.75) is 33.0 Å². The number of aryl methyl sites for hydroxylation is 1. The number of halogens is 1. The van der Waals surface area contributed by atoms with Gasteiger partial charge in [-0.3, -0.25) is 5.32 Å². The lowest BCUT2D eigenvalue weighted by Crippen LogP contribution is -2.32. The lowest BCUT2D eigenvalue weighted by atomic mass is 10.1. The molecule has 40 heavy (non-hydrogen) atoms. The molecule has 0 aliphatic carbocycles. The minimum atomic E-state index is -0.715. The average Bonchev–Trinajstić information content (AvgIpc) is 3.35. The zero-order valence-electron chi connectivity index (χ0n) is 21.8. The maximum absolute atomic E-state index is 15.0. The molecule has 5 rings (SSSR count). The zero-order valence-corrected chi connectivity index (χ0v) is 22.6. The van der Waals surface area contributed by atoms with Crippen molar-refractivity contribution in [2.75, 3.05) is 12.4 Å². The molecule has 0 bridgehead atoms. The van der Waals surface area contributed by atoms with E-state index in [1.165, 1.54) is 43.1 Å². The first-order chi connectivity index (χ1) is 19.2. The van der Waals surface area contributed by atoms with Crippen molar-refractivity contribution >= 4 is 50.1 Å². The number of anilines is 1. The molecule has 0 saturated carbocycles. The lowest BCUT2D eigenvalue weighted by Gasteiger charge is -2.22. The third-order valence-electron chi connectivity index (χ3n) is 5.91. The SMILES string of the molecule is [C-]#[N+]c1cc(-c2nc3cc(F)c(O[C@@H](C)[C@@H](C)OC(=O)Nc4cnc(C)nc4)cc3s2)c2ncc(OC)nc2c1. The van der Waals surface area contributed by atoms with Crippen LogP contribution in [-0.2, 0) is 4.74 Å². The molecule has 1 N–H and O–H groups in total. The van der Waals surface area contributed by atoms with Gasteiger partial charge in [-0.1, -0.05) is 0 Å². The highest BCUT2D eigenvalue weighted by Crippen LogP contribution is 2.38. The molecule has 1 amide bonds. The molecule has 13 heteroatoms. The van der Waals surface area contributed by atoms with Gasteiger partial charge in [0.05, 0.1) is 59.2 Å². The van der Waals surface area contributed by atoms with Crippen LogP contribution in [-0.4, -0.2) is 50.3 Å². The molecule has 5 aromatic rings. The lowest BCUT2D eigenvalue weighted by molar-refractivity contribution is 0.0402. The van der Waals surface area contributed by atoms with Gasteiger partial charge >= 0.3 is 6.09 Å². The van der Waals surface area contributed by atoms with Crippen molar-refractivity contribution in [3.8, 4) is 22.2 Å². The van der Waals surface area contributed by atoms with Crippen molar-refractivity contribution in [3.05, 3.63) is 65.9 Å². The van der Waals surface area contributed by atoms with Gasteiger partial charge in [0.2, 0.25) is 5.88 Å². The Kier molecular flexibility index (Phi) is 7.35. The van der Waals surface area contributed by atoms with Crippen molar-refractivity contribution in [3.63, 3.8) is 0 Å². The molecule has 11 nitrogen and oxygen atoms in total. The van der Waals surface area contributed by atoms with Crippen LogP contribution < -0.4 is 14.8 Å². The van der Waals surface area contributed by atoms with Crippen molar-refractivity contribution < 1.29 is 23.4 Å². The zero-order chi connectivity index (χ0) is 28.4. The van der Waals surface area contributed by atoms with Crippen LogP contribution in [0, 0.1) is 19.3 Å². The quantitative estimate of drug-likeness (QED) is 0.235. The number of aromatic nitrogens is 5. The van der Waals surface area contributed by atoms with E-state index >= 15 is 4.39 Å². The molecule has 2 aromatic carbocycles. The topological polar surface area (TPSA) is 126 Å². The summed E-state index contributed by atoms with van der Waals surface area (Å²) >= 11 is 1.30. The first kappa shape index (κ1) is 26.6. The smallest absolute Gasteiger partial charge is 0.412 e. The van der Waals surface area contributed by atoms with Gasteiger partial charge < -0.3 is 14.2 Å². The Balaban J connectivity index is 1.36. The number of benzene rings is 2. The number of nitrogens with zero attached hydrogens (tertiary/aromatic N) is 6. The summed E-state index contributed by atoms with van der Waals surface area (Å²) in [5, 5.41) is 3.09. The molecule has 0 unspecified atom stereocenters. The van der Waals surface area contributed by atoms with E-state index < -0.39 is 24.1 Å². The number of hydrogen-bond donors (Lipinski definition) is 1. The summed E-state index contributed by atoms with van der Waals surface area (Å²) in [7, 11) is 1.49. The Hall–Kier alpha value is -4.96. The van der Waals surface area contributed by atoms with E-state index in [1.807, 2.05) is 0 Å². The number of hydrogen-bond acceptors (Lipinski definition) is 10. The van der Waals surface area contributed by atoms with E-state index in [0.29, 0.717) is 54.9 Å². The van der Waals surface area contributed by atoms with Gasteiger partial charge in [0.25, 0.3) is 0 Å². The van der Waals surface area contributed by atoms with Crippen molar-refractivity contribution in [1.82, 2.24) is 24.9 Å². The molecule has 0 radical (unpaired) electrons. The number of nitrogens with one attached hydrogen (secondary N) is 1. The first-order valence-corrected chi connectivity index (χ1v) is 12.8. The van der Waals surface area contributed by atoms with Crippen LogP contribution in [0.3, 0.4) is 0 Å². The number of thiazole rings is 1. The number of ether oxygens (including phenoxy) is 3. The van der Waals surface area contributed by atoms with E-state index in [2.05, 4.69) is 35.1 Å². The number of methoxy groups -OCH3 is 1.